The van der Waals surface area contributed by atoms with Crippen molar-refractivity contribution in [2.24, 2.45) is 0 Å². The molecule has 0 saturated carbocycles. The molecule has 0 spiro atoms. The minimum absolute atomic E-state index is 0.0801. The summed E-state index contributed by atoms with van der Waals surface area (Å²) in [7, 11) is 0. The van der Waals surface area contributed by atoms with Crippen molar-refractivity contribution in [3.63, 3.8) is 0 Å². The molecule has 3 heterocycles. The largest absolute Gasteiger partial charge is 0.375 e. The highest BCUT2D eigenvalue weighted by Gasteiger charge is 2.22. The van der Waals surface area contributed by atoms with E-state index < -0.39 is 0 Å². The number of nitrogens with zero attached hydrogens (tertiary/aromatic N) is 3. The number of fused-ring (bicyclic) bond motifs is 1. The van der Waals surface area contributed by atoms with Crippen LogP contribution in [0.4, 0.5) is 5.13 Å². The summed E-state index contributed by atoms with van der Waals surface area (Å²) >= 11 is 7.40. The first-order valence-electron chi connectivity index (χ1n) is 7.89. The number of halogens is 1. The van der Waals surface area contributed by atoms with Crippen LogP contribution in [0.5, 0.6) is 0 Å². The summed E-state index contributed by atoms with van der Waals surface area (Å²) < 4.78 is 0. The van der Waals surface area contributed by atoms with Crippen LogP contribution >= 0.6 is 22.9 Å². The normalized spacial score (nSPS) is 14.4. The van der Waals surface area contributed by atoms with Gasteiger partial charge in [0.2, 0.25) is 0 Å². The van der Waals surface area contributed by atoms with Crippen LogP contribution in [0.2, 0.25) is 5.02 Å². The second-order valence-electron chi connectivity index (χ2n) is 5.97. The van der Waals surface area contributed by atoms with Gasteiger partial charge in [0.25, 0.3) is 5.56 Å². The molecule has 128 valence electrons. The molecule has 0 saturated heterocycles. The van der Waals surface area contributed by atoms with Crippen LogP contribution in [0.3, 0.4) is 0 Å². The Bertz CT molecular complexity index is 966. The number of anilines is 1. The Kier molecular flexibility index (Phi) is 4.29. The number of rotatable bonds is 3. The molecule has 0 bridgehead atoms. The number of nitrogens with two attached hydrogens (primary N) is 1. The van der Waals surface area contributed by atoms with Gasteiger partial charge in [0, 0.05) is 47.7 Å². The average molecular weight is 374 g/mol. The highest BCUT2D eigenvalue weighted by molar-refractivity contribution is 7.15. The number of H-pyrrole nitrogens is 1. The van der Waals surface area contributed by atoms with E-state index in [1.807, 2.05) is 12.1 Å². The average Bonchev–Trinajstić information content (AvgIpc) is 3.01. The molecular formula is C17H16ClN5OS. The SMILES string of the molecule is Nc1ncc(CN2CCc3nc(-c4ccc(Cl)cc4)[nH]c(=O)c3C2)s1. The van der Waals surface area contributed by atoms with Crippen LogP contribution < -0.4 is 11.3 Å². The van der Waals surface area contributed by atoms with Gasteiger partial charge in [-0.25, -0.2) is 9.97 Å². The summed E-state index contributed by atoms with van der Waals surface area (Å²) in [6.45, 7) is 2.17. The fourth-order valence-electron chi connectivity index (χ4n) is 2.98. The molecule has 1 aromatic carbocycles. The Morgan fingerprint density at radius 1 is 1.32 bits per heavy atom. The van der Waals surface area contributed by atoms with E-state index in [1.54, 1.807) is 18.3 Å². The lowest BCUT2D eigenvalue weighted by atomic mass is 10.1. The fraction of sp³-hybridized carbons (Fsp3) is 0.235. The minimum Gasteiger partial charge on any atom is -0.375 e. The zero-order chi connectivity index (χ0) is 17.4. The fourth-order valence-corrected chi connectivity index (χ4v) is 3.83. The molecule has 0 amide bonds. The van der Waals surface area contributed by atoms with Crippen molar-refractivity contribution in [2.75, 3.05) is 12.3 Å². The molecule has 0 radical (unpaired) electrons. The number of thiazole rings is 1. The monoisotopic (exact) mass is 373 g/mol. The van der Waals surface area contributed by atoms with Crippen molar-refractivity contribution in [3.05, 3.63) is 62.0 Å². The lowest BCUT2D eigenvalue weighted by molar-refractivity contribution is 0.244. The van der Waals surface area contributed by atoms with E-state index in [0.29, 0.717) is 22.5 Å². The Labute approximate surface area is 153 Å². The smallest absolute Gasteiger partial charge is 0.255 e. The van der Waals surface area contributed by atoms with E-state index in [1.165, 1.54) is 11.3 Å². The predicted octanol–water partition coefficient (Wildman–Crippen LogP) is 2.69. The topological polar surface area (TPSA) is 87.9 Å². The molecule has 25 heavy (non-hydrogen) atoms. The van der Waals surface area contributed by atoms with E-state index in [4.69, 9.17) is 17.3 Å². The zero-order valence-electron chi connectivity index (χ0n) is 13.3. The summed E-state index contributed by atoms with van der Waals surface area (Å²) in [6.07, 6.45) is 2.54. The molecule has 3 aromatic rings. The van der Waals surface area contributed by atoms with Gasteiger partial charge in [-0.3, -0.25) is 9.69 Å². The summed E-state index contributed by atoms with van der Waals surface area (Å²) in [6, 6.07) is 7.30. The van der Waals surface area contributed by atoms with Gasteiger partial charge in [-0.2, -0.15) is 0 Å². The first-order chi connectivity index (χ1) is 12.1. The first kappa shape index (κ1) is 16.3. The maximum Gasteiger partial charge on any atom is 0.255 e. The van der Waals surface area contributed by atoms with E-state index >= 15 is 0 Å². The van der Waals surface area contributed by atoms with Crippen LogP contribution in [0.15, 0.2) is 35.3 Å². The van der Waals surface area contributed by atoms with Gasteiger partial charge in [0.15, 0.2) is 5.13 Å². The highest BCUT2D eigenvalue weighted by Crippen LogP contribution is 2.23. The van der Waals surface area contributed by atoms with Gasteiger partial charge >= 0.3 is 0 Å². The second-order valence-corrected chi connectivity index (χ2v) is 7.56. The van der Waals surface area contributed by atoms with E-state index in [-0.39, 0.29) is 5.56 Å². The van der Waals surface area contributed by atoms with Gasteiger partial charge in [-0.05, 0) is 24.3 Å². The van der Waals surface area contributed by atoms with E-state index in [0.717, 1.165) is 41.2 Å². The summed E-state index contributed by atoms with van der Waals surface area (Å²) in [5.41, 5.74) is 8.06. The van der Waals surface area contributed by atoms with Crippen LogP contribution in [0.25, 0.3) is 11.4 Å². The number of benzene rings is 1. The molecule has 1 aliphatic rings. The van der Waals surface area contributed by atoms with Gasteiger partial charge in [-0.15, -0.1) is 11.3 Å². The Balaban J connectivity index is 1.59. The van der Waals surface area contributed by atoms with Crippen molar-refractivity contribution in [1.82, 2.24) is 19.9 Å². The Hall–Kier alpha value is -2.22. The van der Waals surface area contributed by atoms with Gasteiger partial charge in [0.05, 0.1) is 11.3 Å². The third-order valence-electron chi connectivity index (χ3n) is 4.22. The van der Waals surface area contributed by atoms with Crippen LogP contribution in [0.1, 0.15) is 16.1 Å². The standard InChI is InChI=1S/C17H16ClN5OS/c18-11-3-1-10(2-4-11)15-21-14-5-6-23(9-13(14)16(24)22-15)8-12-7-20-17(19)25-12/h1-4,7H,5-6,8-9H2,(H2,19,20)(H,21,22,24). The van der Waals surface area contributed by atoms with Crippen LogP contribution in [-0.2, 0) is 19.5 Å². The summed E-state index contributed by atoms with van der Waals surface area (Å²) in [5, 5.41) is 1.22. The third-order valence-corrected chi connectivity index (χ3v) is 5.28. The first-order valence-corrected chi connectivity index (χ1v) is 9.08. The molecular weight excluding hydrogens is 358 g/mol. The quantitative estimate of drug-likeness (QED) is 0.737. The number of nitrogens with one attached hydrogen (secondary N) is 1. The third kappa shape index (κ3) is 3.44. The van der Waals surface area contributed by atoms with Gasteiger partial charge in [-0.1, -0.05) is 11.6 Å². The van der Waals surface area contributed by atoms with Crippen LogP contribution in [-0.4, -0.2) is 26.4 Å². The number of nitrogen functional groups attached to an aromatic ring is 1. The number of hydrogen-bond acceptors (Lipinski definition) is 6. The maximum absolute atomic E-state index is 12.5. The molecule has 4 rings (SSSR count). The minimum atomic E-state index is -0.0801. The number of aromatic amines is 1. The molecule has 0 fully saturated rings. The molecule has 1 aliphatic heterocycles. The van der Waals surface area contributed by atoms with Gasteiger partial charge in [0.1, 0.15) is 5.82 Å². The molecule has 0 unspecified atom stereocenters. The lowest BCUT2D eigenvalue weighted by Gasteiger charge is -2.27. The molecule has 6 nitrogen and oxygen atoms in total. The van der Waals surface area contributed by atoms with Crippen molar-refractivity contribution in [1.29, 1.82) is 0 Å². The zero-order valence-corrected chi connectivity index (χ0v) is 14.9. The molecule has 3 N–H and O–H groups in total. The highest BCUT2D eigenvalue weighted by atomic mass is 35.5. The van der Waals surface area contributed by atoms with Gasteiger partial charge < -0.3 is 10.7 Å². The summed E-state index contributed by atoms with van der Waals surface area (Å²) in [4.78, 5) is 27.5. The molecule has 8 heteroatoms. The van der Waals surface area contributed by atoms with Crippen molar-refractivity contribution < 1.29 is 0 Å². The Morgan fingerprint density at radius 3 is 2.84 bits per heavy atom. The van der Waals surface area contributed by atoms with Crippen molar-refractivity contribution in [3.8, 4) is 11.4 Å². The summed E-state index contributed by atoms with van der Waals surface area (Å²) in [5.74, 6) is 0.587. The number of hydrogen-bond donors (Lipinski definition) is 2. The molecule has 2 aromatic heterocycles. The van der Waals surface area contributed by atoms with E-state index in [9.17, 15) is 4.79 Å². The second kappa shape index (κ2) is 6.59. The predicted molar refractivity (Wildman–Crippen MR) is 99.6 cm³/mol. The van der Waals surface area contributed by atoms with Crippen LogP contribution in [0, 0.1) is 0 Å². The lowest BCUT2D eigenvalue weighted by Crippen LogP contribution is -2.35. The van der Waals surface area contributed by atoms with E-state index in [2.05, 4.69) is 19.9 Å². The Morgan fingerprint density at radius 2 is 2.12 bits per heavy atom. The molecule has 0 aliphatic carbocycles. The molecule has 0 atom stereocenters. The number of aromatic nitrogens is 3. The van der Waals surface area contributed by atoms with Crippen molar-refractivity contribution >= 4 is 28.1 Å². The maximum atomic E-state index is 12.5. The van der Waals surface area contributed by atoms with Crippen molar-refractivity contribution in [2.45, 2.75) is 19.5 Å².